The third-order valence-corrected chi connectivity index (χ3v) is 2.72. The molecule has 7 heteroatoms. The minimum atomic E-state index is -4.54. The largest absolute Gasteiger partial charge is 0.451 e. The second-order valence-electron chi connectivity index (χ2n) is 4.44. The van der Waals surface area contributed by atoms with Gasteiger partial charge in [0.25, 0.3) is 0 Å². The Kier molecular flexibility index (Phi) is 6.04. The highest BCUT2D eigenvalue weighted by atomic mass is 19.4. The van der Waals surface area contributed by atoms with Gasteiger partial charge in [0.15, 0.2) is 0 Å². The summed E-state index contributed by atoms with van der Waals surface area (Å²) in [5.41, 5.74) is 0. The van der Waals surface area contributed by atoms with E-state index in [0.29, 0.717) is 25.5 Å². The van der Waals surface area contributed by atoms with Crippen molar-refractivity contribution < 1.29 is 13.2 Å². The number of nitrogens with zero attached hydrogens (tertiary/aromatic N) is 3. The molecule has 4 nitrogen and oxygen atoms in total. The summed E-state index contributed by atoms with van der Waals surface area (Å²) in [4.78, 5) is 9.01. The fraction of sp³-hybridized carbons (Fsp3) is 0.692. The summed E-state index contributed by atoms with van der Waals surface area (Å²) in [6, 6.07) is 1.57. The number of halogens is 3. The molecule has 1 aromatic heterocycles. The molecule has 0 spiro atoms. The van der Waals surface area contributed by atoms with Crippen LogP contribution in [0.4, 0.5) is 24.8 Å². The van der Waals surface area contributed by atoms with E-state index in [2.05, 4.69) is 15.3 Å². The van der Waals surface area contributed by atoms with E-state index in [1.165, 1.54) is 0 Å². The van der Waals surface area contributed by atoms with Gasteiger partial charge in [-0.15, -0.1) is 0 Å². The van der Waals surface area contributed by atoms with Gasteiger partial charge >= 0.3 is 6.18 Å². The van der Waals surface area contributed by atoms with Crippen molar-refractivity contribution >= 4 is 11.6 Å². The molecule has 0 saturated heterocycles. The average Bonchev–Trinajstić information content (AvgIpc) is 2.41. The van der Waals surface area contributed by atoms with Gasteiger partial charge in [0, 0.05) is 25.7 Å². The predicted molar refractivity (Wildman–Crippen MR) is 74.0 cm³/mol. The third kappa shape index (κ3) is 4.54. The van der Waals surface area contributed by atoms with Gasteiger partial charge < -0.3 is 10.2 Å². The lowest BCUT2D eigenvalue weighted by Crippen LogP contribution is -2.26. The number of nitrogens with one attached hydrogen (secondary N) is 1. The normalized spacial score (nSPS) is 11.5. The lowest BCUT2D eigenvalue weighted by Gasteiger charge is -2.22. The van der Waals surface area contributed by atoms with Crippen LogP contribution in [0.3, 0.4) is 0 Å². The first-order valence-electron chi connectivity index (χ1n) is 6.87. The second-order valence-corrected chi connectivity index (χ2v) is 4.44. The van der Waals surface area contributed by atoms with Crippen molar-refractivity contribution in [3.05, 3.63) is 11.9 Å². The van der Waals surface area contributed by atoms with Gasteiger partial charge in [0.05, 0.1) is 0 Å². The van der Waals surface area contributed by atoms with Gasteiger partial charge in [-0.3, -0.25) is 0 Å². The highest BCUT2D eigenvalue weighted by molar-refractivity contribution is 5.49. The van der Waals surface area contributed by atoms with Crippen LogP contribution in [0, 0.1) is 0 Å². The minimum Gasteiger partial charge on any atom is -0.370 e. The Morgan fingerprint density at radius 2 is 1.85 bits per heavy atom. The monoisotopic (exact) mass is 290 g/mol. The Balaban J connectivity index is 3.14. The van der Waals surface area contributed by atoms with Gasteiger partial charge in [-0.25, -0.2) is 9.97 Å². The van der Waals surface area contributed by atoms with E-state index in [-0.39, 0.29) is 5.82 Å². The van der Waals surface area contributed by atoms with Crippen LogP contribution in [0.15, 0.2) is 6.07 Å². The van der Waals surface area contributed by atoms with Crippen LogP contribution < -0.4 is 10.2 Å². The maximum absolute atomic E-state index is 12.9. The van der Waals surface area contributed by atoms with Crippen LogP contribution in [0.2, 0.25) is 0 Å². The summed E-state index contributed by atoms with van der Waals surface area (Å²) >= 11 is 0. The fourth-order valence-corrected chi connectivity index (χ4v) is 1.77. The third-order valence-electron chi connectivity index (χ3n) is 2.72. The molecule has 0 aliphatic heterocycles. The predicted octanol–water partition coefficient (Wildman–Crippen LogP) is 3.55. The molecule has 0 aliphatic rings. The maximum atomic E-state index is 12.9. The van der Waals surface area contributed by atoms with Gasteiger partial charge in [0.1, 0.15) is 11.6 Å². The lowest BCUT2D eigenvalue weighted by atomic mass is 10.3. The molecule has 114 valence electrons. The zero-order valence-corrected chi connectivity index (χ0v) is 12.1. The van der Waals surface area contributed by atoms with Crippen molar-refractivity contribution in [2.24, 2.45) is 0 Å². The Morgan fingerprint density at radius 1 is 1.15 bits per heavy atom. The first-order valence-corrected chi connectivity index (χ1v) is 6.87. The van der Waals surface area contributed by atoms with E-state index in [1.54, 1.807) is 6.07 Å². The number of hydrogen-bond donors (Lipinski definition) is 1. The van der Waals surface area contributed by atoms with E-state index in [4.69, 9.17) is 0 Å². The Labute approximate surface area is 117 Å². The summed E-state index contributed by atoms with van der Waals surface area (Å²) in [6.07, 6.45) is -2.88. The van der Waals surface area contributed by atoms with Crippen molar-refractivity contribution in [1.29, 1.82) is 0 Å². The topological polar surface area (TPSA) is 41.0 Å². The van der Waals surface area contributed by atoms with Crippen molar-refractivity contribution in [2.45, 2.75) is 39.8 Å². The van der Waals surface area contributed by atoms with Crippen LogP contribution in [-0.2, 0) is 6.18 Å². The van der Waals surface area contributed by atoms with E-state index in [1.807, 2.05) is 25.7 Å². The second kappa shape index (κ2) is 7.31. The van der Waals surface area contributed by atoms with Crippen molar-refractivity contribution in [2.75, 3.05) is 29.9 Å². The molecule has 0 aromatic carbocycles. The van der Waals surface area contributed by atoms with Crippen molar-refractivity contribution in [1.82, 2.24) is 9.97 Å². The van der Waals surface area contributed by atoms with Crippen LogP contribution in [0.1, 0.15) is 39.4 Å². The zero-order valence-electron chi connectivity index (χ0n) is 12.1. The first kappa shape index (κ1) is 16.5. The summed E-state index contributed by atoms with van der Waals surface area (Å²) < 4.78 is 38.6. The van der Waals surface area contributed by atoms with Crippen LogP contribution in [0.5, 0.6) is 0 Å². The minimum absolute atomic E-state index is 0.221. The molecule has 1 N–H and O–H groups in total. The van der Waals surface area contributed by atoms with Gasteiger partial charge in [-0.2, -0.15) is 13.2 Å². The molecule has 1 aromatic rings. The Hall–Kier alpha value is -1.53. The molecule has 1 rings (SSSR count). The molecule has 0 atom stereocenters. The average molecular weight is 290 g/mol. The van der Waals surface area contributed by atoms with Crippen molar-refractivity contribution in [3.8, 4) is 0 Å². The summed E-state index contributed by atoms with van der Waals surface area (Å²) in [6.45, 7) is 7.66. The summed E-state index contributed by atoms with van der Waals surface area (Å²) in [5, 5.41) is 2.89. The molecular formula is C13H21F3N4. The molecule has 0 saturated carbocycles. The van der Waals surface area contributed by atoms with Gasteiger partial charge in [0.2, 0.25) is 5.82 Å². The highest BCUT2D eigenvalue weighted by Gasteiger charge is 2.35. The molecule has 0 radical (unpaired) electrons. The number of anilines is 2. The maximum Gasteiger partial charge on any atom is 0.451 e. The smallest absolute Gasteiger partial charge is 0.370 e. The van der Waals surface area contributed by atoms with Gasteiger partial charge in [-0.1, -0.05) is 13.8 Å². The molecule has 0 aliphatic carbocycles. The highest BCUT2D eigenvalue weighted by Crippen LogP contribution is 2.29. The molecule has 0 amide bonds. The fourth-order valence-electron chi connectivity index (χ4n) is 1.77. The van der Waals surface area contributed by atoms with Crippen molar-refractivity contribution in [3.63, 3.8) is 0 Å². The molecule has 20 heavy (non-hydrogen) atoms. The number of rotatable bonds is 7. The quantitative estimate of drug-likeness (QED) is 0.833. The van der Waals surface area contributed by atoms with E-state index >= 15 is 0 Å². The van der Waals surface area contributed by atoms with E-state index in [9.17, 15) is 13.2 Å². The molecule has 1 heterocycles. The lowest BCUT2D eigenvalue weighted by molar-refractivity contribution is -0.144. The molecule has 0 bridgehead atoms. The molecule has 0 unspecified atom stereocenters. The van der Waals surface area contributed by atoms with E-state index < -0.39 is 12.0 Å². The molecule has 0 fully saturated rings. The van der Waals surface area contributed by atoms with Crippen LogP contribution in [-0.4, -0.2) is 29.6 Å². The van der Waals surface area contributed by atoms with E-state index in [0.717, 1.165) is 12.8 Å². The van der Waals surface area contributed by atoms with Crippen LogP contribution in [0.25, 0.3) is 0 Å². The first-order chi connectivity index (χ1) is 9.42. The van der Waals surface area contributed by atoms with Gasteiger partial charge in [-0.05, 0) is 19.8 Å². The molecular weight excluding hydrogens is 269 g/mol. The van der Waals surface area contributed by atoms with Crippen LogP contribution >= 0.6 is 0 Å². The SMILES string of the molecule is CCCNc1cc(N(CC)CCC)nc(C(F)(F)F)n1. The number of hydrogen-bond acceptors (Lipinski definition) is 4. The standard InChI is InChI=1S/C13H21F3N4/c1-4-7-17-10-9-11(20(6-3)8-5-2)19-12(18-10)13(14,15)16/h9H,4-8H2,1-3H3,(H,17,18,19). The Morgan fingerprint density at radius 3 is 2.35 bits per heavy atom. The number of aromatic nitrogens is 2. The summed E-state index contributed by atoms with van der Waals surface area (Å²) in [5.74, 6) is -0.558. The number of alkyl halides is 3. The summed E-state index contributed by atoms with van der Waals surface area (Å²) in [7, 11) is 0. The Bertz CT molecular complexity index is 421. The zero-order chi connectivity index (χ0) is 15.2.